The molecule has 0 saturated carbocycles. The third-order valence-electron chi connectivity index (χ3n) is 7.53. The van der Waals surface area contributed by atoms with Gasteiger partial charge >= 0.3 is 21.1 Å². The molecule has 0 amide bonds. The van der Waals surface area contributed by atoms with Crippen LogP contribution in [0.25, 0.3) is 71.9 Å². The fraction of sp³-hybridized carbons (Fsp3) is 0.0286. The molecule has 0 saturated heterocycles. The molecule has 8 rings (SSSR count). The number of para-hydroxylation sites is 2. The Balaban J connectivity index is 0.00000264. The zero-order valence-corrected chi connectivity index (χ0v) is 23.8. The van der Waals surface area contributed by atoms with Crippen LogP contribution in [0.15, 0.2) is 115 Å². The van der Waals surface area contributed by atoms with Crippen LogP contribution in [0.4, 0.5) is 0 Å². The molecule has 0 unspecified atom stereocenters. The predicted octanol–water partition coefficient (Wildman–Crippen LogP) is 8.15. The molecule has 8 aromatic rings. The average Bonchev–Trinajstić information content (AvgIpc) is 3.50. The van der Waals surface area contributed by atoms with Gasteiger partial charge in [0.15, 0.2) is 0 Å². The van der Waals surface area contributed by atoms with Gasteiger partial charge in [-0.1, -0.05) is 60.0 Å². The Bertz CT molecular complexity index is 2190. The molecule has 4 nitrogen and oxygen atoms in total. The number of rotatable bonds is 3. The van der Waals surface area contributed by atoms with E-state index in [0.717, 1.165) is 55.8 Å². The van der Waals surface area contributed by atoms with Gasteiger partial charge in [0.05, 0.1) is 16.9 Å². The molecule has 0 aliphatic heterocycles. The molecule has 3 heterocycles. The minimum absolute atomic E-state index is 0. The van der Waals surface area contributed by atoms with E-state index < -0.39 is 0 Å². The molecule has 5 aromatic carbocycles. The SMILES string of the molecule is Cn1c(-c2[c-]c3c(cc2)c2cc4ccccc4cc2n3-c2[c-]c(-c3ccccn3)ccc2)nc2ccccc21.[Pt+2]. The average molecular weight is 694 g/mol. The molecule has 0 radical (unpaired) electrons. The Morgan fingerprint density at radius 1 is 0.650 bits per heavy atom. The van der Waals surface area contributed by atoms with Gasteiger partial charge in [-0.3, -0.25) is 4.98 Å². The third-order valence-corrected chi connectivity index (χ3v) is 7.53. The van der Waals surface area contributed by atoms with E-state index >= 15 is 0 Å². The number of fused-ring (bicyclic) bond motifs is 5. The summed E-state index contributed by atoms with van der Waals surface area (Å²) in [6.07, 6.45) is 1.82. The fourth-order valence-corrected chi connectivity index (χ4v) is 5.65. The van der Waals surface area contributed by atoms with Crippen LogP contribution in [0.5, 0.6) is 0 Å². The second-order valence-corrected chi connectivity index (χ2v) is 9.83. The van der Waals surface area contributed by atoms with Crippen molar-refractivity contribution in [1.82, 2.24) is 19.1 Å². The fourth-order valence-electron chi connectivity index (χ4n) is 5.65. The molecule has 0 atom stereocenters. The largest absolute Gasteiger partial charge is 2.00 e. The van der Waals surface area contributed by atoms with Crippen LogP contribution in [-0.4, -0.2) is 19.1 Å². The van der Waals surface area contributed by atoms with E-state index in [0.29, 0.717) is 0 Å². The third kappa shape index (κ3) is 3.79. The Morgan fingerprint density at radius 2 is 1.45 bits per heavy atom. The Hall–Kier alpha value is -4.53. The van der Waals surface area contributed by atoms with Gasteiger partial charge in [-0.15, -0.1) is 53.6 Å². The van der Waals surface area contributed by atoms with Crippen LogP contribution >= 0.6 is 0 Å². The monoisotopic (exact) mass is 693 g/mol. The van der Waals surface area contributed by atoms with Crippen molar-refractivity contribution in [3.63, 3.8) is 0 Å². The summed E-state index contributed by atoms with van der Waals surface area (Å²) in [6.45, 7) is 0. The van der Waals surface area contributed by atoms with E-state index in [4.69, 9.17) is 4.98 Å². The second kappa shape index (κ2) is 9.58. The van der Waals surface area contributed by atoms with Crippen molar-refractivity contribution in [1.29, 1.82) is 0 Å². The quantitative estimate of drug-likeness (QED) is 0.175. The molecule has 0 N–H and O–H groups in total. The van der Waals surface area contributed by atoms with Crippen molar-refractivity contribution in [3.05, 3.63) is 128 Å². The number of imidazole rings is 1. The normalized spacial score (nSPS) is 11.4. The molecule has 0 bridgehead atoms. The van der Waals surface area contributed by atoms with Gasteiger partial charge in [0.25, 0.3) is 0 Å². The summed E-state index contributed by atoms with van der Waals surface area (Å²) in [4.78, 5) is 9.51. The van der Waals surface area contributed by atoms with Crippen LogP contribution in [-0.2, 0) is 28.1 Å². The maximum Gasteiger partial charge on any atom is 2.00 e. The molecule has 0 fully saturated rings. The van der Waals surface area contributed by atoms with E-state index in [9.17, 15) is 0 Å². The van der Waals surface area contributed by atoms with Gasteiger partial charge in [0.1, 0.15) is 0 Å². The summed E-state index contributed by atoms with van der Waals surface area (Å²) >= 11 is 0. The van der Waals surface area contributed by atoms with Crippen LogP contribution in [0.3, 0.4) is 0 Å². The number of pyridine rings is 1. The van der Waals surface area contributed by atoms with Crippen molar-refractivity contribution in [3.8, 4) is 28.3 Å². The van der Waals surface area contributed by atoms with E-state index in [1.54, 1.807) is 0 Å². The Morgan fingerprint density at radius 3 is 2.27 bits per heavy atom. The zero-order valence-electron chi connectivity index (χ0n) is 21.6. The molecule has 40 heavy (non-hydrogen) atoms. The number of nitrogens with zero attached hydrogens (tertiary/aromatic N) is 4. The summed E-state index contributed by atoms with van der Waals surface area (Å²) in [7, 11) is 2.06. The van der Waals surface area contributed by atoms with Crippen molar-refractivity contribution in [2.45, 2.75) is 0 Å². The first kappa shape index (κ1) is 24.5. The molecular formula is C35H22N4Pt. The Kier molecular flexibility index (Phi) is 5.87. The topological polar surface area (TPSA) is 35.6 Å². The van der Waals surface area contributed by atoms with Gasteiger partial charge in [0.2, 0.25) is 0 Å². The van der Waals surface area contributed by atoms with Crippen molar-refractivity contribution >= 4 is 43.6 Å². The molecule has 3 aromatic heterocycles. The number of aromatic nitrogens is 4. The maximum absolute atomic E-state index is 4.95. The standard InChI is InChI=1S/C35H22N4.Pt/c1-38-32-15-5-4-14-31(32)37-35(38)26-16-17-28-29-20-23-9-2-3-10-24(23)21-34(29)39(33(28)22-26)27-12-8-11-25(19-27)30-13-6-7-18-36-30;/h2-18,20-21H,1H3;/q-2;+2. The van der Waals surface area contributed by atoms with Gasteiger partial charge in [-0.2, -0.15) is 0 Å². The van der Waals surface area contributed by atoms with Crippen molar-refractivity contribution < 1.29 is 21.1 Å². The number of hydrogen-bond acceptors (Lipinski definition) is 2. The van der Waals surface area contributed by atoms with Gasteiger partial charge < -0.3 is 14.1 Å². The van der Waals surface area contributed by atoms with Crippen molar-refractivity contribution in [2.75, 3.05) is 0 Å². The van der Waals surface area contributed by atoms with Crippen LogP contribution in [0.2, 0.25) is 0 Å². The number of hydrogen-bond donors (Lipinski definition) is 0. The van der Waals surface area contributed by atoms with E-state index in [1.165, 1.54) is 16.2 Å². The zero-order chi connectivity index (χ0) is 25.9. The van der Waals surface area contributed by atoms with E-state index in [-0.39, 0.29) is 21.1 Å². The predicted molar refractivity (Wildman–Crippen MR) is 159 cm³/mol. The van der Waals surface area contributed by atoms with Gasteiger partial charge in [-0.05, 0) is 57.3 Å². The first-order valence-corrected chi connectivity index (χ1v) is 13.0. The molecular weight excluding hydrogens is 671 g/mol. The summed E-state index contributed by atoms with van der Waals surface area (Å²) in [5, 5.41) is 4.75. The van der Waals surface area contributed by atoms with E-state index in [2.05, 4.69) is 112 Å². The second-order valence-electron chi connectivity index (χ2n) is 9.83. The molecule has 0 spiro atoms. The minimum Gasteiger partial charge on any atom is -0.367 e. The van der Waals surface area contributed by atoms with Crippen LogP contribution in [0, 0.1) is 12.1 Å². The minimum atomic E-state index is 0. The van der Waals surface area contributed by atoms with Crippen LogP contribution < -0.4 is 0 Å². The first-order chi connectivity index (χ1) is 19.2. The van der Waals surface area contributed by atoms with Gasteiger partial charge in [0, 0.05) is 18.8 Å². The first-order valence-electron chi connectivity index (χ1n) is 13.0. The van der Waals surface area contributed by atoms with E-state index in [1.807, 2.05) is 36.5 Å². The summed E-state index contributed by atoms with van der Waals surface area (Å²) in [6, 6.07) is 45.3. The summed E-state index contributed by atoms with van der Waals surface area (Å²) in [5.74, 6) is 0.895. The van der Waals surface area contributed by atoms with Crippen LogP contribution in [0.1, 0.15) is 0 Å². The van der Waals surface area contributed by atoms with Gasteiger partial charge in [-0.25, -0.2) is 0 Å². The molecule has 192 valence electrons. The molecule has 0 aliphatic rings. The Labute approximate surface area is 245 Å². The number of benzene rings is 5. The maximum atomic E-state index is 4.95. The van der Waals surface area contributed by atoms with Crippen molar-refractivity contribution in [2.24, 2.45) is 7.05 Å². The smallest absolute Gasteiger partial charge is 0.367 e. The molecule has 5 heteroatoms. The molecule has 0 aliphatic carbocycles. The summed E-state index contributed by atoms with van der Waals surface area (Å²) in [5.41, 5.74) is 7.96. The summed E-state index contributed by atoms with van der Waals surface area (Å²) < 4.78 is 4.41. The number of aryl methyl sites for hydroxylation is 1.